The topological polar surface area (TPSA) is 196 Å². The second kappa shape index (κ2) is 22.9. The highest BCUT2D eigenvalue weighted by Gasteiger charge is 2.53. The van der Waals surface area contributed by atoms with Gasteiger partial charge in [0.05, 0.1) is 28.9 Å². The van der Waals surface area contributed by atoms with Crippen molar-refractivity contribution in [3.05, 3.63) is 192 Å². The lowest BCUT2D eigenvalue weighted by Gasteiger charge is -2.34. The minimum atomic E-state index is -2.99. The molecule has 3 N–H and O–H groups in total. The van der Waals surface area contributed by atoms with Crippen molar-refractivity contribution in [3.8, 4) is 17.2 Å². The zero-order chi connectivity index (χ0) is 59.4. The zero-order valence-electron chi connectivity index (χ0n) is 44.8. The van der Waals surface area contributed by atoms with Crippen LogP contribution in [0.25, 0.3) is 32.7 Å². The van der Waals surface area contributed by atoms with E-state index in [-0.39, 0.29) is 96.5 Å². The fourth-order valence-electron chi connectivity index (χ4n) is 10.9. The Bertz CT molecular complexity index is 4110. The normalized spacial score (nSPS) is 13.1. The Hall–Kier alpha value is -8.38. The van der Waals surface area contributed by atoms with E-state index in [1.807, 2.05) is 0 Å². The summed E-state index contributed by atoms with van der Waals surface area (Å²) in [5.74, 6) is -15.5. The van der Waals surface area contributed by atoms with Crippen LogP contribution in [0.15, 0.2) is 109 Å². The molecule has 6 aromatic carbocycles. The van der Waals surface area contributed by atoms with E-state index in [1.54, 1.807) is 20.8 Å². The van der Waals surface area contributed by atoms with Crippen molar-refractivity contribution >= 4 is 103 Å². The number of aromatic hydroxyl groups is 3. The van der Waals surface area contributed by atoms with E-state index in [0.717, 1.165) is 31.9 Å². The number of aromatic nitrogens is 3. The number of unbranched alkanes of at least 4 members (excludes halogenated alkanes) is 1. The molecule has 0 bridgehead atoms. The molecule has 0 spiro atoms. The Kier molecular flexibility index (Phi) is 16.3. The number of ether oxygens (including phenoxy) is 2. The van der Waals surface area contributed by atoms with E-state index in [4.69, 9.17) is 44.3 Å². The summed E-state index contributed by atoms with van der Waals surface area (Å²) < 4.78 is 66.0. The van der Waals surface area contributed by atoms with Crippen LogP contribution in [0.5, 0.6) is 17.2 Å². The number of nitrogens with zero attached hydrogens (tertiary/aromatic N) is 3. The van der Waals surface area contributed by atoms with Crippen molar-refractivity contribution < 1.29 is 66.7 Å². The van der Waals surface area contributed by atoms with Gasteiger partial charge in [-0.25, -0.2) is 18.0 Å². The summed E-state index contributed by atoms with van der Waals surface area (Å²) in [5, 5.41) is 32.2. The fourth-order valence-corrected chi connectivity index (χ4v) is 11.2. The molecular formula is C62H51Cl3F3N3O11. The lowest BCUT2D eigenvalue weighted by molar-refractivity contribution is -0.190. The van der Waals surface area contributed by atoms with E-state index in [1.165, 1.54) is 112 Å². The van der Waals surface area contributed by atoms with Crippen molar-refractivity contribution in [1.82, 2.24) is 13.7 Å². The van der Waals surface area contributed by atoms with Crippen molar-refractivity contribution in [2.75, 3.05) is 0 Å². The van der Waals surface area contributed by atoms with Gasteiger partial charge < -0.3 is 24.8 Å². The maximum Gasteiger partial charge on any atom is 0.363 e. The number of carbonyl (C=O) groups is 6. The molecule has 0 aliphatic carbocycles. The monoisotopic (exact) mass is 1180 g/mol. The van der Waals surface area contributed by atoms with Gasteiger partial charge >= 0.3 is 17.9 Å². The van der Waals surface area contributed by atoms with Gasteiger partial charge in [-0.1, -0.05) is 68.4 Å². The van der Waals surface area contributed by atoms with Crippen molar-refractivity contribution in [3.63, 3.8) is 0 Å². The molecule has 0 fully saturated rings. The smallest absolute Gasteiger partial charge is 0.363 e. The van der Waals surface area contributed by atoms with Crippen LogP contribution >= 0.6 is 34.8 Å². The third-order valence-electron chi connectivity index (χ3n) is 15.1. The summed E-state index contributed by atoms with van der Waals surface area (Å²) in [5.41, 5.74) is -4.27. The van der Waals surface area contributed by atoms with Crippen molar-refractivity contribution in [1.29, 1.82) is 0 Å². The summed E-state index contributed by atoms with van der Waals surface area (Å²) in [4.78, 5) is 90.0. The Labute approximate surface area is 481 Å². The largest absolute Gasteiger partial charge is 0.505 e. The van der Waals surface area contributed by atoms with Crippen molar-refractivity contribution in [2.24, 2.45) is 5.92 Å². The summed E-state index contributed by atoms with van der Waals surface area (Å²) in [7, 11) is 0. The van der Waals surface area contributed by atoms with Gasteiger partial charge in [-0.3, -0.25) is 37.7 Å². The van der Waals surface area contributed by atoms with Gasteiger partial charge in [0.25, 0.3) is 17.7 Å². The Balaban J connectivity index is 1.27. The molecule has 0 saturated heterocycles. The molecular weight excluding hydrogens is 1130 g/mol. The number of halogens is 6. The van der Waals surface area contributed by atoms with Crippen LogP contribution in [0, 0.1) is 44.1 Å². The van der Waals surface area contributed by atoms with E-state index in [0.29, 0.717) is 10.0 Å². The maximum atomic E-state index is 17.3. The SMILES string of the molecule is CCCCC(OC(=O)C(c1c(C)n(C(=O)c2ccc(Cl)cc2)c2ccc(O)c(F)c12)C(C)CC)(C(=O)OC(=O)Cc1c(C)n(C(=O)c2ccc(Cl)cc2)c2ccc(O)c(F)c12)c1c(C)n(C(=O)c2ccc(Cl)cc2)c2ccc(O)c(F)c12. The van der Waals surface area contributed by atoms with Crippen LogP contribution in [0.1, 0.15) is 117 Å². The summed E-state index contributed by atoms with van der Waals surface area (Å²) in [6.07, 6.45) is -1.25. The predicted molar refractivity (Wildman–Crippen MR) is 303 cm³/mol. The summed E-state index contributed by atoms with van der Waals surface area (Å²) in [6, 6.07) is 24.0. The molecule has 0 aliphatic heterocycles. The second-order valence-electron chi connectivity index (χ2n) is 20.0. The highest BCUT2D eigenvalue weighted by molar-refractivity contribution is 6.31. The molecule has 3 unspecified atom stereocenters. The van der Waals surface area contributed by atoms with Crippen LogP contribution in [0.2, 0.25) is 15.1 Å². The number of fused-ring (bicyclic) bond motifs is 3. The molecule has 3 atom stereocenters. The van der Waals surface area contributed by atoms with E-state index in [2.05, 4.69) is 0 Å². The number of rotatable bonds is 15. The first-order valence-corrected chi connectivity index (χ1v) is 27.1. The van der Waals surface area contributed by atoms with Gasteiger partial charge in [0.15, 0.2) is 34.7 Å². The molecule has 0 saturated carbocycles. The predicted octanol–water partition coefficient (Wildman–Crippen LogP) is 14.1. The first-order valence-electron chi connectivity index (χ1n) is 25.9. The van der Waals surface area contributed by atoms with Crippen LogP contribution in [0.4, 0.5) is 13.2 Å². The molecule has 0 amide bonds. The number of esters is 3. The molecule has 9 aromatic rings. The molecule has 20 heteroatoms. The minimum absolute atomic E-state index is 0.0107. The van der Waals surface area contributed by atoms with Gasteiger partial charge in [0.2, 0.25) is 5.60 Å². The van der Waals surface area contributed by atoms with Gasteiger partial charge in [0.1, 0.15) is 0 Å². The molecule has 0 radical (unpaired) electrons. The second-order valence-corrected chi connectivity index (χ2v) is 21.3. The molecule has 0 aliphatic rings. The van der Waals surface area contributed by atoms with Gasteiger partial charge in [-0.15, -0.1) is 0 Å². The first kappa shape index (κ1) is 58.3. The van der Waals surface area contributed by atoms with Crippen LogP contribution < -0.4 is 0 Å². The molecule has 422 valence electrons. The molecule has 9 rings (SSSR count). The van der Waals surface area contributed by atoms with Crippen LogP contribution in [0.3, 0.4) is 0 Å². The van der Waals surface area contributed by atoms with E-state index >= 15 is 22.8 Å². The Morgan fingerprint density at radius 3 is 1.41 bits per heavy atom. The number of carbonyl (C=O) groups excluding carboxylic acids is 6. The summed E-state index contributed by atoms with van der Waals surface area (Å²) in [6.45, 7) is 9.18. The number of hydrogen-bond acceptors (Lipinski definition) is 11. The zero-order valence-corrected chi connectivity index (χ0v) is 47.1. The van der Waals surface area contributed by atoms with Crippen molar-refractivity contribution in [2.45, 2.75) is 85.2 Å². The number of benzene rings is 6. The number of phenolic OH excluding ortho intramolecular Hbond substituents is 3. The minimum Gasteiger partial charge on any atom is -0.505 e. The third kappa shape index (κ3) is 10.0. The Morgan fingerprint density at radius 2 is 0.963 bits per heavy atom. The molecule has 82 heavy (non-hydrogen) atoms. The van der Waals surface area contributed by atoms with Crippen LogP contribution in [-0.4, -0.2) is 64.7 Å². The fraction of sp³-hybridized carbons (Fsp3) is 0.226. The van der Waals surface area contributed by atoms with Gasteiger partial charge in [-0.2, -0.15) is 0 Å². The van der Waals surface area contributed by atoms with Gasteiger partial charge in [-0.05, 0) is 153 Å². The highest BCUT2D eigenvalue weighted by atomic mass is 35.5. The first-order chi connectivity index (χ1) is 39.0. The quantitative estimate of drug-likeness (QED) is 0.0652. The average Bonchev–Trinajstić information content (AvgIpc) is 2.03. The number of phenols is 3. The lowest BCUT2D eigenvalue weighted by Crippen LogP contribution is -2.45. The van der Waals surface area contributed by atoms with E-state index < -0.39 is 112 Å². The highest BCUT2D eigenvalue weighted by Crippen LogP contribution is 2.48. The summed E-state index contributed by atoms with van der Waals surface area (Å²) >= 11 is 18.5. The number of hydrogen-bond donors (Lipinski definition) is 3. The van der Waals surface area contributed by atoms with Gasteiger partial charge in [0, 0.05) is 77.0 Å². The van der Waals surface area contributed by atoms with Crippen LogP contribution in [-0.2, 0) is 35.9 Å². The van der Waals surface area contributed by atoms with E-state index in [9.17, 15) is 34.5 Å². The molecule has 3 aromatic heterocycles. The Morgan fingerprint density at radius 1 is 0.561 bits per heavy atom. The molecule has 3 heterocycles. The average molecular weight is 1180 g/mol. The molecule has 14 nitrogen and oxygen atoms in total. The third-order valence-corrected chi connectivity index (χ3v) is 15.9. The standard InChI is InChI=1S/C62H51Cl3F3N3O11/c1-7-9-28-62(53-33(6)71(43-24-27-46(74)56(68)52(43)53)59(78)36-14-20-39(65)21-15-36,61(80)81-47(75)29-40-31(4)69(41-22-25-44(72)54(66)50(40)41)57(76)34-10-16-37(63)17-11-34)82-60(79)48(30(3)8-2)49-32(5)70(42-23-26-45(73)55(67)51(42)49)58(77)35-12-18-38(64)19-13-35/h10-27,30,48,72-74H,7-9,28-29H2,1-6H3. The lowest BCUT2D eigenvalue weighted by atomic mass is 9.82. The maximum absolute atomic E-state index is 17.3.